The molecule has 2 aliphatic rings. The van der Waals surface area contributed by atoms with E-state index in [2.05, 4.69) is 25.8 Å². The summed E-state index contributed by atoms with van der Waals surface area (Å²) in [5, 5.41) is 13.8. The lowest BCUT2D eigenvalue weighted by atomic mass is 10.0. The lowest BCUT2D eigenvalue weighted by Crippen LogP contribution is -2.38. The Labute approximate surface area is 229 Å². The molecule has 1 fully saturated rings. The number of morpholine rings is 1. The molecule has 0 bridgehead atoms. The first-order chi connectivity index (χ1) is 18.8. The van der Waals surface area contributed by atoms with Gasteiger partial charge in [-0.25, -0.2) is 13.1 Å². The first-order valence-electron chi connectivity index (χ1n) is 13.3. The van der Waals surface area contributed by atoms with Gasteiger partial charge < -0.3 is 14.0 Å². The van der Waals surface area contributed by atoms with Gasteiger partial charge in [0.1, 0.15) is 11.8 Å². The van der Waals surface area contributed by atoms with Gasteiger partial charge in [-0.15, -0.1) is 0 Å². The molecule has 1 saturated heterocycles. The van der Waals surface area contributed by atoms with Crippen LogP contribution in [-0.2, 0) is 21.2 Å². The molecule has 5 rings (SSSR count). The van der Waals surface area contributed by atoms with Gasteiger partial charge in [0.15, 0.2) is 0 Å². The number of hydrogen-bond donors (Lipinski definition) is 1. The van der Waals surface area contributed by atoms with E-state index in [1.807, 2.05) is 32.0 Å². The molecule has 2 heterocycles. The Balaban J connectivity index is 1.29. The number of aromatic nitrogens is 2. The van der Waals surface area contributed by atoms with Crippen LogP contribution < -0.4 is 9.46 Å². The number of fused-ring (bicyclic) bond motifs is 1. The average Bonchev–Trinajstić information content (AvgIpc) is 3.57. The van der Waals surface area contributed by atoms with Crippen molar-refractivity contribution in [2.75, 3.05) is 38.6 Å². The minimum atomic E-state index is -3.43. The van der Waals surface area contributed by atoms with Crippen LogP contribution in [0.1, 0.15) is 49.4 Å². The predicted octanol–water partition coefficient (Wildman–Crippen LogP) is 3.69. The standard InChI is InChI=1S/C28H33N5O5S/c1-19(2)37-26-10-7-20(17-21(26)18-29)28-30-27(31-38-28)24-6-3-5-23-22(24)8-9-25(23)32-39(34,35)16-4-11-33-12-14-36-15-13-33/h3,5-7,10,17,19,25,32H,4,8-9,11-16H2,1-2H3. The summed E-state index contributed by atoms with van der Waals surface area (Å²) in [6, 6.07) is 12.8. The van der Waals surface area contributed by atoms with E-state index in [-0.39, 0.29) is 17.9 Å². The molecule has 10 nitrogen and oxygen atoms in total. The van der Waals surface area contributed by atoms with E-state index in [1.165, 1.54) is 0 Å². The zero-order valence-electron chi connectivity index (χ0n) is 22.2. The van der Waals surface area contributed by atoms with Crippen molar-refractivity contribution in [1.82, 2.24) is 19.8 Å². The maximum Gasteiger partial charge on any atom is 0.258 e. The Morgan fingerprint density at radius 3 is 2.82 bits per heavy atom. The third kappa shape index (κ3) is 6.47. The van der Waals surface area contributed by atoms with Crippen molar-refractivity contribution in [3.63, 3.8) is 0 Å². The first kappa shape index (κ1) is 27.3. The summed E-state index contributed by atoms with van der Waals surface area (Å²) >= 11 is 0. The maximum absolute atomic E-state index is 12.9. The van der Waals surface area contributed by atoms with Gasteiger partial charge in [0.2, 0.25) is 15.8 Å². The molecule has 39 heavy (non-hydrogen) atoms. The fourth-order valence-electron chi connectivity index (χ4n) is 5.12. The summed E-state index contributed by atoms with van der Waals surface area (Å²) in [5.74, 6) is 1.32. The average molecular weight is 552 g/mol. The summed E-state index contributed by atoms with van der Waals surface area (Å²) in [7, 11) is -3.43. The van der Waals surface area contributed by atoms with Gasteiger partial charge in [0.25, 0.3) is 5.89 Å². The van der Waals surface area contributed by atoms with E-state index in [9.17, 15) is 13.7 Å². The molecule has 0 spiro atoms. The third-order valence-electron chi connectivity index (χ3n) is 6.96. The molecule has 11 heteroatoms. The lowest BCUT2D eigenvalue weighted by molar-refractivity contribution is 0.0381. The molecule has 3 aromatic rings. The molecule has 206 valence electrons. The SMILES string of the molecule is CC(C)Oc1ccc(-c2nc(-c3cccc4c3CCC4NS(=O)(=O)CCCN3CCOCC3)no2)cc1C#N. The van der Waals surface area contributed by atoms with E-state index in [1.54, 1.807) is 18.2 Å². The van der Waals surface area contributed by atoms with E-state index in [4.69, 9.17) is 14.0 Å². The van der Waals surface area contributed by atoms with Crippen LogP contribution in [0.2, 0.25) is 0 Å². The Kier molecular flexibility index (Phi) is 8.28. The minimum absolute atomic E-state index is 0.0541. The van der Waals surface area contributed by atoms with Crippen molar-refractivity contribution in [3.8, 4) is 34.7 Å². The first-order valence-corrected chi connectivity index (χ1v) is 15.0. The second-order valence-electron chi connectivity index (χ2n) is 10.1. The third-order valence-corrected chi connectivity index (χ3v) is 8.43. The number of rotatable bonds is 10. The van der Waals surface area contributed by atoms with E-state index < -0.39 is 10.0 Å². The van der Waals surface area contributed by atoms with Crippen molar-refractivity contribution < 1.29 is 22.4 Å². The lowest BCUT2D eigenvalue weighted by Gasteiger charge is -2.26. The molecule has 1 aromatic heterocycles. The molecular formula is C28H33N5O5S. The number of nitrogens with zero attached hydrogens (tertiary/aromatic N) is 4. The molecule has 1 N–H and O–H groups in total. The highest BCUT2D eigenvalue weighted by molar-refractivity contribution is 7.89. The second-order valence-corrected chi connectivity index (χ2v) is 12.0. The van der Waals surface area contributed by atoms with Crippen LogP contribution in [0.3, 0.4) is 0 Å². The Morgan fingerprint density at radius 1 is 1.23 bits per heavy atom. The van der Waals surface area contributed by atoms with Crippen molar-refractivity contribution in [3.05, 3.63) is 53.1 Å². The highest BCUT2D eigenvalue weighted by Crippen LogP contribution is 2.38. The van der Waals surface area contributed by atoms with E-state index in [0.717, 1.165) is 36.3 Å². The number of nitrogens with one attached hydrogen (secondary N) is 1. The van der Waals surface area contributed by atoms with Crippen LogP contribution in [0.5, 0.6) is 5.75 Å². The zero-order chi connectivity index (χ0) is 27.4. The quantitative estimate of drug-likeness (QED) is 0.401. The minimum Gasteiger partial charge on any atom is -0.490 e. The highest BCUT2D eigenvalue weighted by Gasteiger charge is 2.29. The van der Waals surface area contributed by atoms with Crippen molar-refractivity contribution >= 4 is 10.0 Å². The number of sulfonamides is 1. The van der Waals surface area contributed by atoms with Crippen LogP contribution in [-0.4, -0.2) is 68.2 Å². The number of nitriles is 1. The molecular weight excluding hydrogens is 518 g/mol. The van der Waals surface area contributed by atoms with Crippen molar-refractivity contribution in [2.45, 2.75) is 45.3 Å². The number of hydrogen-bond acceptors (Lipinski definition) is 9. The summed E-state index contributed by atoms with van der Waals surface area (Å²) in [5.41, 5.74) is 3.79. The topological polar surface area (TPSA) is 131 Å². The van der Waals surface area contributed by atoms with Gasteiger partial charge in [-0.05, 0) is 69.0 Å². The van der Waals surface area contributed by atoms with E-state index in [0.29, 0.717) is 61.1 Å². The summed E-state index contributed by atoms with van der Waals surface area (Å²) in [6.07, 6.45) is 1.90. The molecule has 0 amide bonds. The van der Waals surface area contributed by atoms with Crippen molar-refractivity contribution in [2.24, 2.45) is 0 Å². The van der Waals surface area contributed by atoms with Gasteiger partial charge in [-0.3, -0.25) is 4.90 Å². The fraction of sp³-hybridized carbons (Fsp3) is 0.464. The van der Waals surface area contributed by atoms with Gasteiger partial charge in [-0.1, -0.05) is 23.4 Å². The molecule has 0 saturated carbocycles. The monoisotopic (exact) mass is 551 g/mol. The Morgan fingerprint density at radius 2 is 2.05 bits per heavy atom. The van der Waals surface area contributed by atoms with Gasteiger partial charge in [0.05, 0.1) is 30.6 Å². The molecule has 1 atom stereocenters. The Hall–Kier alpha value is -3.30. The number of ether oxygens (including phenoxy) is 2. The van der Waals surface area contributed by atoms with Crippen LogP contribution in [0.15, 0.2) is 40.9 Å². The predicted molar refractivity (Wildman–Crippen MR) is 146 cm³/mol. The summed E-state index contributed by atoms with van der Waals surface area (Å²) in [6.45, 7) is 7.66. The molecule has 2 aromatic carbocycles. The molecule has 1 aliphatic carbocycles. The fourth-order valence-corrected chi connectivity index (χ4v) is 6.43. The van der Waals surface area contributed by atoms with Crippen LogP contribution in [0, 0.1) is 11.3 Å². The molecule has 1 aliphatic heterocycles. The van der Waals surface area contributed by atoms with Crippen molar-refractivity contribution in [1.29, 1.82) is 5.26 Å². The highest BCUT2D eigenvalue weighted by atomic mass is 32.2. The van der Waals surface area contributed by atoms with E-state index >= 15 is 0 Å². The largest absolute Gasteiger partial charge is 0.490 e. The summed E-state index contributed by atoms with van der Waals surface area (Å²) < 4.78 is 45.2. The van der Waals surface area contributed by atoms with Gasteiger partial charge >= 0.3 is 0 Å². The molecule has 1 unspecified atom stereocenters. The Bertz CT molecular complexity index is 1460. The van der Waals surface area contributed by atoms with Crippen LogP contribution >= 0.6 is 0 Å². The van der Waals surface area contributed by atoms with Crippen LogP contribution in [0.25, 0.3) is 22.8 Å². The molecule has 0 radical (unpaired) electrons. The second kappa shape index (κ2) is 11.8. The zero-order valence-corrected chi connectivity index (χ0v) is 23.0. The summed E-state index contributed by atoms with van der Waals surface area (Å²) in [4.78, 5) is 6.84. The van der Waals surface area contributed by atoms with Crippen LogP contribution in [0.4, 0.5) is 0 Å². The normalized spacial score (nSPS) is 17.7. The smallest absolute Gasteiger partial charge is 0.258 e. The maximum atomic E-state index is 12.9. The van der Waals surface area contributed by atoms with Gasteiger partial charge in [-0.2, -0.15) is 10.2 Å². The number of benzene rings is 2. The van der Waals surface area contributed by atoms with Gasteiger partial charge in [0, 0.05) is 30.3 Å².